The summed E-state index contributed by atoms with van der Waals surface area (Å²) in [6.07, 6.45) is 0. The van der Waals surface area contributed by atoms with E-state index in [2.05, 4.69) is 11.9 Å². The Kier molecular flexibility index (Phi) is 2.51. The second-order valence-corrected chi connectivity index (χ2v) is 3.63. The van der Waals surface area contributed by atoms with E-state index in [-0.39, 0.29) is 22.4 Å². The van der Waals surface area contributed by atoms with Crippen LogP contribution in [-0.4, -0.2) is 17.8 Å². The zero-order valence-electron chi connectivity index (χ0n) is 9.07. The molecule has 0 aromatic heterocycles. The van der Waals surface area contributed by atoms with Crippen molar-refractivity contribution in [3.05, 3.63) is 41.5 Å². The van der Waals surface area contributed by atoms with Gasteiger partial charge in [0.15, 0.2) is 0 Å². The van der Waals surface area contributed by atoms with Crippen LogP contribution < -0.4 is 10.1 Å². The summed E-state index contributed by atoms with van der Waals surface area (Å²) >= 11 is 0. The average Bonchev–Trinajstić information content (AvgIpc) is 2.55. The van der Waals surface area contributed by atoms with Gasteiger partial charge in [-0.1, -0.05) is 12.6 Å². The molecule has 0 aliphatic carbocycles. The van der Waals surface area contributed by atoms with E-state index in [9.17, 15) is 14.4 Å². The summed E-state index contributed by atoms with van der Waals surface area (Å²) in [6.45, 7) is 4.93. The van der Waals surface area contributed by atoms with Gasteiger partial charge in [-0.05, 0) is 19.1 Å². The Morgan fingerprint density at radius 3 is 2.65 bits per heavy atom. The highest BCUT2D eigenvalue weighted by molar-refractivity contribution is 6.22. The van der Waals surface area contributed by atoms with E-state index in [4.69, 9.17) is 4.74 Å². The molecule has 0 bridgehead atoms. The molecule has 1 aliphatic heterocycles. The summed E-state index contributed by atoms with van der Waals surface area (Å²) in [6, 6.07) is 4.49. The van der Waals surface area contributed by atoms with Crippen LogP contribution in [0.2, 0.25) is 0 Å². The van der Waals surface area contributed by atoms with Gasteiger partial charge in [0.25, 0.3) is 11.8 Å². The maximum absolute atomic E-state index is 11.5. The summed E-state index contributed by atoms with van der Waals surface area (Å²) in [5, 5.41) is 2.13. The Labute approximate surface area is 97.1 Å². The monoisotopic (exact) mass is 231 g/mol. The first-order valence-electron chi connectivity index (χ1n) is 4.87. The van der Waals surface area contributed by atoms with E-state index in [1.165, 1.54) is 25.1 Å². The van der Waals surface area contributed by atoms with Crippen LogP contribution in [0.25, 0.3) is 0 Å². The van der Waals surface area contributed by atoms with Gasteiger partial charge in [-0.25, -0.2) is 4.79 Å². The van der Waals surface area contributed by atoms with Gasteiger partial charge in [0.2, 0.25) is 0 Å². The zero-order chi connectivity index (χ0) is 12.6. The number of fused-ring (bicyclic) bond motifs is 1. The smallest absolute Gasteiger partial charge is 0.338 e. The fourth-order valence-corrected chi connectivity index (χ4v) is 1.46. The van der Waals surface area contributed by atoms with Crippen LogP contribution in [0.3, 0.4) is 0 Å². The van der Waals surface area contributed by atoms with E-state index in [1.54, 1.807) is 0 Å². The third-order valence-corrected chi connectivity index (χ3v) is 2.28. The summed E-state index contributed by atoms with van der Waals surface area (Å²) in [5.74, 6) is -1.61. The van der Waals surface area contributed by atoms with Crippen LogP contribution in [0.5, 0.6) is 5.75 Å². The maximum atomic E-state index is 11.5. The lowest BCUT2D eigenvalue weighted by molar-refractivity contribution is -0.130. The number of carbonyl (C=O) groups excluding carboxylic acids is 3. The fraction of sp³-hybridized carbons (Fsp3) is 0.0833. The number of ether oxygens (including phenoxy) is 1. The number of imide groups is 1. The first-order chi connectivity index (χ1) is 8.00. The second kappa shape index (κ2) is 3.86. The van der Waals surface area contributed by atoms with Crippen molar-refractivity contribution in [2.75, 3.05) is 0 Å². The van der Waals surface area contributed by atoms with Crippen LogP contribution in [-0.2, 0) is 4.79 Å². The maximum Gasteiger partial charge on any atom is 0.338 e. The van der Waals surface area contributed by atoms with Gasteiger partial charge in [-0.15, -0.1) is 0 Å². The van der Waals surface area contributed by atoms with E-state index >= 15 is 0 Å². The molecule has 0 radical (unpaired) electrons. The molecule has 0 atom stereocenters. The van der Waals surface area contributed by atoms with Gasteiger partial charge < -0.3 is 4.74 Å². The fourth-order valence-electron chi connectivity index (χ4n) is 1.46. The number of carbonyl (C=O) groups is 3. The topological polar surface area (TPSA) is 72.5 Å². The predicted molar refractivity (Wildman–Crippen MR) is 58.7 cm³/mol. The minimum atomic E-state index is -0.634. The van der Waals surface area contributed by atoms with Crippen LogP contribution in [0.15, 0.2) is 30.4 Å². The van der Waals surface area contributed by atoms with Gasteiger partial charge in [0, 0.05) is 5.57 Å². The lowest BCUT2D eigenvalue weighted by Crippen LogP contribution is -2.20. The molecule has 2 rings (SSSR count). The second-order valence-electron chi connectivity index (χ2n) is 3.63. The quantitative estimate of drug-likeness (QED) is 0.357. The first kappa shape index (κ1) is 11.1. The normalized spacial score (nSPS) is 13.0. The average molecular weight is 231 g/mol. The molecule has 5 heteroatoms. The van der Waals surface area contributed by atoms with E-state index < -0.39 is 17.8 Å². The Bertz CT molecular complexity index is 560. The summed E-state index contributed by atoms with van der Waals surface area (Å²) in [4.78, 5) is 34.2. The van der Waals surface area contributed by atoms with Crippen molar-refractivity contribution < 1.29 is 19.1 Å². The lowest BCUT2D eigenvalue weighted by Gasteiger charge is -2.06. The molecule has 0 unspecified atom stereocenters. The van der Waals surface area contributed by atoms with Gasteiger partial charge in [0.05, 0.1) is 11.1 Å². The number of rotatable bonds is 2. The third kappa shape index (κ3) is 1.82. The van der Waals surface area contributed by atoms with Crippen molar-refractivity contribution in [2.45, 2.75) is 6.92 Å². The van der Waals surface area contributed by atoms with Crippen LogP contribution >= 0.6 is 0 Å². The number of esters is 1. The van der Waals surface area contributed by atoms with Crippen LogP contribution in [0.1, 0.15) is 27.6 Å². The molecule has 0 spiro atoms. The van der Waals surface area contributed by atoms with Crippen molar-refractivity contribution in [1.82, 2.24) is 5.32 Å². The molecule has 86 valence electrons. The van der Waals surface area contributed by atoms with Gasteiger partial charge >= 0.3 is 5.97 Å². The number of amides is 2. The molecular formula is C12H9NO4. The first-order valence-corrected chi connectivity index (χ1v) is 4.87. The third-order valence-electron chi connectivity index (χ3n) is 2.28. The number of nitrogens with one attached hydrogen (secondary N) is 1. The Morgan fingerprint density at radius 1 is 1.29 bits per heavy atom. The molecular weight excluding hydrogens is 222 g/mol. The standard InChI is InChI=1S/C12H9NO4/c1-6(2)12(16)17-8-5-3-4-7-9(8)11(15)13-10(7)14/h3-5H,1H2,2H3,(H,13,14,15). The van der Waals surface area contributed by atoms with Crippen molar-refractivity contribution in [3.8, 4) is 5.75 Å². The number of hydrogen-bond donors (Lipinski definition) is 1. The predicted octanol–water partition coefficient (Wildman–Crippen LogP) is 1.05. The molecule has 1 N–H and O–H groups in total. The highest BCUT2D eigenvalue weighted by Crippen LogP contribution is 2.26. The zero-order valence-corrected chi connectivity index (χ0v) is 9.07. The van der Waals surface area contributed by atoms with E-state index in [0.29, 0.717) is 0 Å². The molecule has 1 aliphatic rings. The van der Waals surface area contributed by atoms with E-state index in [1.807, 2.05) is 0 Å². The minimum Gasteiger partial charge on any atom is -0.422 e. The van der Waals surface area contributed by atoms with Crippen LogP contribution in [0, 0.1) is 0 Å². The Balaban J connectivity index is 2.44. The lowest BCUT2D eigenvalue weighted by atomic mass is 10.1. The molecule has 2 amide bonds. The minimum absolute atomic E-state index is 0.0684. The number of hydrogen-bond acceptors (Lipinski definition) is 4. The summed E-state index contributed by atoms with van der Waals surface area (Å²) in [7, 11) is 0. The molecule has 5 nitrogen and oxygen atoms in total. The molecule has 0 saturated carbocycles. The van der Waals surface area contributed by atoms with Crippen LogP contribution in [0.4, 0.5) is 0 Å². The van der Waals surface area contributed by atoms with Crippen molar-refractivity contribution in [1.29, 1.82) is 0 Å². The largest absolute Gasteiger partial charge is 0.422 e. The summed E-state index contributed by atoms with van der Waals surface area (Å²) in [5.41, 5.74) is 0.515. The Morgan fingerprint density at radius 2 is 2.00 bits per heavy atom. The van der Waals surface area contributed by atoms with Gasteiger partial charge in [-0.2, -0.15) is 0 Å². The van der Waals surface area contributed by atoms with Gasteiger partial charge in [-0.3, -0.25) is 14.9 Å². The van der Waals surface area contributed by atoms with E-state index in [0.717, 1.165) is 0 Å². The SMILES string of the molecule is C=C(C)C(=O)Oc1cccc2c1C(=O)NC2=O. The highest BCUT2D eigenvalue weighted by atomic mass is 16.5. The molecule has 0 fully saturated rings. The Hall–Kier alpha value is -2.43. The van der Waals surface area contributed by atoms with Crippen molar-refractivity contribution in [2.24, 2.45) is 0 Å². The van der Waals surface area contributed by atoms with Gasteiger partial charge in [0.1, 0.15) is 5.75 Å². The molecule has 1 heterocycles. The van der Waals surface area contributed by atoms with Crippen molar-refractivity contribution >= 4 is 17.8 Å². The summed E-state index contributed by atoms with van der Waals surface area (Å²) < 4.78 is 4.99. The molecule has 0 saturated heterocycles. The molecule has 17 heavy (non-hydrogen) atoms. The molecule has 1 aromatic carbocycles. The number of benzene rings is 1. The van der Waals surface area contributed by atoms with Crippen molar-refractivity contribution in [3.63, 3.8) is 0 Å². The molecule has 1 aromatic rings. The highest BCUT2D eigenvalue weighted by Gasteiger charge is 2.30.